The molecule has 0 saturated heterocycles. The van der Waals surface area contributed by atoms with E-state index >= 15 is 0 Å². The number of ether oxygens (including phenoxy) is 1. The number of hydrogen-bond acceptors (Lipinski definition) is 5. The summed E-state index contributed by atoms with van der Waals surface area (Å²) in [4.78, 5) is 33.7. The SMILES string of the molecule is CCOC(=O)C1=C(c2ccccc2)N=c2s/c(=C\c3cn(Cc4ccccc4F)c4ccccc34)c(=O)n2[C@@H]1c1ccc(C(C)C)cc1. The number of esters is 1. The van der Waals surface area contributed by atoms with Gasteiger partial charge in [0.1, 0.15) is 5.82 Å². The van der Waals surface area contributed by atoms with Crippen LogP contribution in [0.4, 0.5) is 4.39 Å². The molecule has 0 amide bonds. The summed E-state index contributed by atoms with van der Waals surface area (Å²) in [6.07, 6.45) is 3.83. The molecule has 8 heteroatoms. The minimum atomic E-state index is -0.749. The highest BCUT2D eigenvalue weighted by molar-refractivity contribution is 7.07. The molecule has 4 aromatic carbocycles. The zero-order valence-electron chi connectivity index (χ0n) is 26.9. The van der Waals surface area contributed by atoms with Crippen LogP contribution in [0.2, 0.25) is 0 Å². The van der Waals surface area contributed by atoms with Crippen molar-refractivity contribution < 1.29 is 13.9 Å². The number of benzene rings is 4. The number of aromatic nitrogens is 2. The van der Waals surface area contributed by atoms with E-state index in [0.717, 1.165) is 33.2 Å². The van der Waals surface area contributed by atoms with Crippen molar-refractivity contribution in [1.29, 1.82) is 0 Å². The lowest BCUT2D eigenvalue weighted by Crippen LogP contribution is -2.40. The Hall–Kier alpha value is -5.34. The topological polar surface area (TPSA) is 65.6 Å². The van der Waals surface area contributed by atoms with Crippen molar-refractivity contribution in [2.24, 2.45) is 4.99 Å². The Labute approximate surface area is 281 Å². The second-order valence-electron chi connectivity index (χ2n) is 12.1. The van der Waals surface area contributed by atoms with Crippen molar-refractivity contribution in [1.82, 2.24) is 9.13 Å². The Morgan fingerprint density at radius 1 is 0.958 bits per heavy atom. The zero-order valence-corrected chi connectivity index (χ0v) is 27.7. The van der Waals surface area contributed by atoms with E-state index in [1.165, 1.54) is 17.4 Å². The van der Waals surface area contributed by atoms with E-state index in [1.54, 1.807) is 23.6 Å². The van der Waals surface area contributed by atoms with Crippen molar-refractivity contribution >= 4 is 40.0 Å². The fraction of sp³-hybridized carbons (Fsp3) is 0.175. The summed E-state index contributed by atoms with van der Waals surface area (Å²) >= 11 is 1.29. The van der Waals surface area contributed by atoms with Crippen LogP contribution >= 0.6 is 11.3 Å². The molecule has 0 aliphatic carbocycles. The number of fused-ring (bicyclic) bond motifs is 2. The van der Waals surface area contributed by atoms with Gasteiger partial charge in [-0.25, -0.2) is 14.2 Å². The number of carbonyl (C=O) groups excluding carboxylic acids is 1. The van der Waals surface area contributed by atoms with Crippen LogP contribution in [0.25, 0.3) is 22.7 Å². The first kappa shape index (κ1) is 31.3. The summed E-state index contributed by atoms with van der Waals surface area (Å²) in [5.74, 6) is -0.455. The summed E-state index contributed by atoms with van der Waals surface area (Å²) in [5, 5.41) is 0.942. The maximum absolute atomic E-state index is 14.6. The average molecular weight is 656 g/mol. The minimum absolute atomic E-state index is 0.185. The molecule has 0 N–H and O–H groups in total. The predicted octanol–water partition coefficient (Wildman–Crippen LogP) is 7.20. The van der Waals surface area contributed by atoms with Crippen molar-refractivity contribution in [2.75, 3.05) is 6.61 Å². The van der Waals surface area contributed by atoms with Gasteiger partial charge in [0.2, 0.25) is 0 Å². The van der Waals surface area contributed by atoms with Gasteiger partial charge in [-0.2, -0.15) is 0 Å². The number of halogens is 1. The molecular formula is C40H34FN3O3S. The van der Waals surface area contributed by atoms with Crippen LogP contribution in [0.1, 0.15) is 60.5 Å². The van der Waals surface area contributed by atoms with Crippen LogP contribution in [0.15, 0.2) is 125 Å². The average Bonchev–Trinajstić information content (AvgIpc) is 3.61. The zero-order chi connectivity index (χ0) is 33.4. The number of thiazole rings is 1. The smallest absolute Gasteiger partial charge is 0.338 e. The van der Waals surface area contributed by atoms with Gasteiger partial charge in [0.15, 0.2) is 4.80 Å². The van der Waals surface area contributed by atoms with Gasteiger partial charge in [0.25, 0.3) is 5.56 Å². The van der Waals surface area contributed by atoms with Crippen LogP contribution in [-0.4, -0.2) is 21.7 Å². The van der Waals surface area contributed by atoms with Crippen LogP contribution in [0.3, 0.4) is 0 Å². The fourth-order valence-electron chi connectivity index (χ4n) is 6.29. The summed E-state index contributed by atoms with van der Waals surface area (Å²) in [5.41, 5.74) is 5.60. The highest BCUT2D eigenvalue weighted by Gasteiger charge is 2.35. The van der Waals surface area contributed by atoms with Gasteiger partial charge >= 0.3 is 5.97 Å². The monoisotopic (exact) mass is 655 g/mol. The molecule has 0 saturated carbocycles. The first-order valence-electron chi connectivity index (χ1n) is 16.0. The number of rotatable bonds is 8. The van der Waals surface area contributed by atoms with Crippen LogP contribution in [-0.2, 0) is 16.1 Å². The molecule has 1 aliphatic rings. The van der Waals surface area contributed by atoms with Crippen molar-refractivity contribution in [3.05, 3.63) is 168 Å². The van der Waals surface area contributed by atoms with Gasteiger partial charge in [-0.3, -0.25) is 9.36 Å². The summed E-state index contributed by atoms with van der Waals surface area (Å²) in [7, 11) is 0. The number of nitrogens with zero attached hydrogens (tertiary/aromatic N) is 3. The van der Waals surface area contributed by atoms with Crippen molar-refractivity contribution in [3.63, 3.8) is 0 Å². The molecule has 6 aromatic rings. The molecule has 6 nitrogen and oxygen atoms in total. The van der Waals surface area contributed by atoms with Crippen molar-refractivity contribution in [3.8, 4) is 0 Å². The van der Waals surface area contributed by atoms with E-state index in [9.17, 15) is 14.0 Å². The Morgan fingerprint density at radius 2 is 1.67 bits per heavy atom. The molecule has 48 heavy (non-hydrogen) atoms. The molecule has 2 aromatic heterocycles. The summed E-state index contributed by atoms with van der Waals surface area (Å²) < 4.78 is 24.3. The lowest BCUT2D eigenvalue weighted by molar-refractivity contribution is -0.138. The molecule has 7 rings (SSSR count). The largest absolute Gasteiger partial charge is 0.463 e. The molecular weight excluding hydrogens is 622 g/mol. The second-order valence-corrected chi connectivity index (χ2v) is 13.1. The quantitative estimate of drug-likeness (QED) is 0.163. The van der Waals surface area contributed by atoms with E-state index in [0.29, 0.717) is 38.6 Å². The van der Waals surface area contributed by atoms with Gasteiger partial charge < -0.3 is 9.30 Å². The van der Waals surface area contributed by atoms with Gasteiger partial charge in [-0.05, 0) is 42.2 Å². The summed E-state index contributed by atoms with van der Waals surface area (Å²) in [6.45, 7) is 6.56. The highest BCUT2D eigenvalue weighted by atomic mass is 32.1. The van der Waals surface area contributed by atoms with Gasteiger partial charge in [-0.1, -0.05) is 116 Å². The Morgan fingerprint density at radius 3 is 2.40 bits per heavy atom. The Balaban J connectivity index is 1.45. The third-order valence-corrected chi connectivity index (χ3v) is 9.68. The molecule has 240 valence electrons. The molecule has 1 aliphatic heterocycles. The van der Waals surface area contributed by atoms with E-state index in [-0.39, 0.29) is 18.0 Å². The Bertz CT molecular complexity index is 2370. The minimum Gasteiger partial charge on any atom is -0.463 e. The molecule has 3 heterocycles. The van der Waals surface area contributed by atoms with Gasteiger partial charge in [-0.15, -0.1) is 0 Å². The third-order valence-electron chi connectivity index (χ3n) is 8.70. The molecule has 0 unspecified atom stereocenters. The maximum Gasteiger partial charge on any atom is 0.338 e. The lowest BCUT2D eigenvalue weighted by atomic mass is 9.91. The predicted molar refractivity (Wildman–Crippen MR) is 189 cm³/mol. The standard InChI is InChI=1S/C40H34FN3O3S/c1-4-47-39(46)35-36(27-12-6-5-7-13-27)42-40-44(37(35)28-20-18-26(19-21-28)25(2)3)38(45)34(48-40)22-30-24-43(33-17-11-9-15-31(30)33)23-29-14-8-10-16-32(29)41/h5-22,24-25,37H,4,23H2,1-3H3/b34-22-/t37-/m1/s1. The number of para-hydroxylation sites is 1. The van der Waals surface area contributed by atoms with Gasteiger partial charge in [0, 0.05) is 33.8 Å². The van der Waals surface area contributed by atoms with E-state index in [1.807, 2.05) is 102 Å². The summed E-state index contributed by atoms with van der Waals surface area (Å²) in [6, 6.07) is 31.5. The van der Waals surface area contributed by atoms with Crippen LogP contribution in [0, 0.1) is 5.82 Å². The fourth-order valence-corrected chi connectivity index (χ4v) is 7.28. The van der Waals surface area contributed by atoms with Crippen molar-refractivity contribution in [2.45, 2.75) is 39.3 Å². The molecule has 0 fully saturated rings. The molecule has 1 atom stereocenters. The van der Waals surface area contributed by atoms with E-state index < -0.39 is 12.0 Å². The van der Waals surface area contributed by atoms with E-state index in [2.05, 4.69) is 13.8 Å². The second kappa shape index (κ2) is 13.0. The van der Waals surface area contributed by atoms with E-state index in [4.69, 9.17) is 9.73 Å². The van der Waals surface area contributed by atoms with Crippen LogP contribution < -0.4 is 14.9 Å². The molecule has 0 bridgehead atoms. The Kier molecular flexibility index (Phi) is 8.50. The maximum atomic E-state index is 14.6. The van der Waals surface area contributed by atoms with Gasteiger partial charge in [0.05, 0.1) is 35.0 Å². The number of hydrogen-bond donors (Lipinski definition) is 0. The lowest BCUT2D eigenvalue weighted by Gasteiger charge is -2.26. The normalized spacial score (nSPS) is 14.8. The molecule has 0 radical (unpaired) electrons. The van der Waals surface area contributed by atoms with Crippen LogP contribution in [0.5, 0.6) is 0 Å². The first-order chi connectivity index (χ1) is 23.3. The molecule has 0 spiro atoms. The number of carbonyl (C=O) groups is 1. The first-order valence-corrected chi connectivity index (χ1v) is 16.8. The third kappa shape index (κ3) is 5.73. The highest BCUT2D eigenvalue weighted by Crippen LogP contribution is 2.35.